The summed E-state index contributed by atoms with van der Waals surface area (Å²) in [6, 6.07) is 0.520. The van der Waals surface area contributed by atoms with Crippen LogP contribution in [-0.4, -0.2) is 25.8 Å². The Morgan fingerprint density at radius 3 is 2.86 bits per heavy atom. The molecule has 1 N–H and O–H groups in total. The molecule has 3 heteroatoms. The molecule has 0 aromatic heterocycles. The van der Waals surface area contributed by atoms with E-state index in [0.29, 0.717) is 18.8 Å². The van der Waals surface area contributed by atoms with E-state index in [9.17, 15) is 0 Å². The predicted octanol–water partition coefficient (Wildman–Crippen LogP) is 2.68. The Kier molecular flexibility index (Phi) is 5.53. The average Bonchev–Trinajstić information content (AvgIpc) is 2.26. The molecule has 1 rings (SSSR count). The van der Waals surface area contributed by atoms with Gasteiger partial charge in [0.1, 0.15) is 0 Å². The molecular weight excluding hydrogens is 198 g/mol. The highest BCUT2D eigenvalue weighted by Gasteiger charge is 2.23. The van der Waals surface area contributed by atoms with Gasteiger partial charge in [-0.3, -0.25) is 0 Å². The highest BCUT2D eigenvalue weighted by atomic mass is 35.5. The summed E-state index contributed by atoms with van der Waals surface area (Å²) in [6.07, 6.45) is 5.36. The Morgan fingerprint density at radius 1 is 1.50 bits per heavy atom. The number of halogens is 1. The maximum absolute atomic E-state index is 5.82. The van der Waals surface area contributed by atoms with Crippen molar-refractivity contribution in [3.05, 3.63) is 11.1 Å². The number of rotatable bonds is 4. The van der Waals surface area contributed by atoms with Gasteiger partial charge in [-0.2, -0.15) is 0 Å². The molecule has 2 nitrogen and oxygen atoms in total. The number of hydrogen-bond donors (Lipinski definition) is 1. The lowest BCUT2D eigenvalue weighted by molar-refractivity contribution is 0.0197. The second-order valence-corrected chi connectivity index (χ2v) is 4.20. The average molecular weight is 218 g/mol. The molecule has 14 heavy (non-hydrogen) atoms. The minimum absolute atomic E-state index is 0.361. The zero-order chi connectivity index (χ0) is 10.4. The van der Waals surface area contributed by atoms with Gasteiger partial charge in [0.15, 0.2) is 0 Å². The molecular formula is C11H20ClNO. The van der Waals surface area contributed by atoms with E-state index >= 15 is 0 Å². The fraction of sp³-hybridized carbons (Fsp3) is 0.818. The molecule has 82 valence electrons. The molecule has 0 amide bonds. The quantitative estimate of drug-likeness (QED) is 0.782. The van der Waals surface area contributed by atoms with Crippen LogP contribution in [0, 0.1) is 0 Å². The Labute approximate surface area is 91.7 Å². The van der Waals surface area contributed by atoms with Crippen molar-refractivity contribution in [2.75, 3.05) is 13.7 Å². The van der Waals surface area contributed by atoms with Gasteiger partial charge in [-0.05, 0) is 32.4 Å². The minimum atomic E-state index is 0.361. The zero-order valence-electron chi connectivity index (χ0n) is 9.05. The second-order valence-electron chi connectivity index (χ2n) is 3.98. The first kappa shape index (κ1) is 12.0. The zero-order valence-corrected chi connectivity index (χ0v) is 9.81. The van der Waals surface area contributed by atoms with Crippen molar-refractivity contribution in [2.24, 2.45) is 0 Å². The number of ether oxygens (including phenoxy) is 1. The number of nitrogens with one attached hydrogen (secondary N) is 1. The van der Waals surface area contributed by atoms with Gasteiger partial charge in [-0.25, -0.2) is 0 Å². The van der Waals surface area contributed by atoms with Gasteiger partial charge in [0.2, 0.25) is 0 Å². The van der Waals surface area contributed by atoms with E-state index in [-0.39, 0.29) is 0 Å². The summed E-state index contributed by atoms with van der Waals surface area (Å²) in [5.74, 6) is 0. The van der Waals surface area contributed by atoms with Gasteiger partial charge in [-0.15, -0.1) is 0 Å². The molecule has 1 saturated carbocycles. The van der Waals surface area contributed by atoms with E-state index in [0.717, 1.165) is 5.57 Å². The van der Waals surface area contributed by atoms with Gasteiger partial charge in [0, 0.05) is 11.6 Å². The summed E-state index contributed by atoms with van der Waals surface area (Å²) in [5.41, 5.74) is 2.68. The van der Waals surface area contributed by atoms with Crippen molar-refractivity contribution in [3.8, 4) is 0 Å². The van der Waals surface area contributed by atoms with Gasteiger partial charge in [-0.1, -0.05) is 24.4 Å². The van der Waals surface area contributed by atoms with Crippen LogP contribution in [0.2, 0.25) is 0 Å². The first-order valence-electron chi connectivity index (χ1n) is 5.32. The third-order valence-corrected chi connectivity index (χ3v) is 3.16. The molecule has 0 radical (unpaired) electrons. The van der Waals surface area contributed by atoms with Crippen molar-refractivity contribution in [1.29, 1.82) is 0 Å². The summed E-state index contributed by atoms with van der Waals surface area (Å²) >= 11 is 5.58. The van der Waals surface area contributed by atoms with E-state index < -0.39 is 0 Å². The molecule has 1 aliphatic carbocycles. The predicted molar refractivity (Wildman–Crippen MR) is 60.7 cm³/mol. The lowest BCUT2D eigenvalue weighted by Crippen LogP contribution is -2.41. The molecule has 1 aliphatic rings. The van der Waals surface area contributed by atoms with Crippen LogP contribution in [-0.2, 0) is 4.74 Å². The van der Waals surface area contributed by atoms with Gasteiger partial charge in [0.05, 0.1) is 12.7 Å². The molecule has 0 aromatic carbocycles. The minimum Gasteiger partial charge on any atom is -0.372 e. The van der Waals surface area contributed by atoms with E-state index in [1.807, 2.05) is 14.0 Å². The molecule has 2 atom stereocenters. The largest absolute Gasteiger partial charge is 0.372 e. The molecule has 1 fully saturated rings. The monoisotopic (exact) mass is 217 g/mol. The van der Waals surface area contributed by atoms with Crippen LogP contribution in [0.25, 0.3) is 0 Å². The summed E-state index contributed by atoms with van der Waals surface area (Å²) < 4.78 is 5.82. The van der Waals surface area contributed by atoms with Crippen molar-refractivity contribution >= 4 is 11.6 Å². The van der Waals surface area contributed by atoms with E-state index in [2.05, 4.69) is 5.32 Å². The van der Waals surface area contributed by atoms with Crippen LogP contribution in [0.5, 0.6) is 0 Å². The first-order valence-corrected chi connectivity index (χ1v) is 5.76. The van der Waals surface area contributed by atoms with E-state index in [1.165, 1.54) is 25.7 Å². The molecule has 0 saturated heterocycles. The van der Waals surface area contributed by atoms with Crippen LogP contribution in [0.4, 0.5) is 0 Å². The Morgan fingerprint density at radius 2 is 2.21 bits per heavy atom. The molecule has 2 unspecified atom stereocenters. The van der Waals surface area contributed by atoms with Crippen LogP contribution < -0.4 is 5.32 Å². The summed E-state index contributed by atoms with van der Waals surface area (Å²) in [7, 11) is 2.01. The highest BCUT2D eigenvalue weighted by Crippen LogP contribution is 2.21. The third-order valence-electron chi connectivity index (χ3n) is 2.78. The van der Waals surface area contributed by atoms with E-state index in [4.69, 9.17) is 16.3 Å². The maximum atomic E-state index is 5.82. The lowest BCUT2D eigenvalue weighted by atomic mass is 9.92. The molecule has 0 heterocycles. The Hall–Kier alpha value is -0.0500. The summed E-state index contributed by atoms with van der Waals surface area (Å²) in [6.45, 7) is 2.65. The SMILES string of the molecule is CNC1CCCCC1OCC(C)=CCl. The van der Waals surface area contributed by atoms with Gasteiger partial charge in [0.25, 0.3) is 0 Å². The first-order chi connectivity index (χ1) is 6.77. The Balaban J connectivity index is 2.33. The summed E-state index contributed by atoms with van der Waals surface area (Å²) in [4.78, 5) is 0. The number of likely N-dealkylation sites (N-methyl/N-ethyl adjacent to an activating group) is 1. The van der Waals surface area contributed by atoms with Crippen LogP contribution in [0.3, 0.4) is 0 Å². The fourth-order valence-corrected chi connectivity index (χ4v) is 1.96. The van der Waals surface area contributed by atoms with Gasteiger partial charge < -0.3 is 10.1 Å². The van der Waals surface area contributed by atoms with Crippen molar-refractivity contribution in [3.63, 3.8) is 0 Å². The van der Waals surface area contributed by atoms with Crippen molar-refractivity contribution < 1.29 is 4.74 Å². The smallest absolute Gasteiger partial charge is 0.0732 e. The van der Waals surface area contributed by atoms with Crippen molar-refractivity contribution in [2.45, 2.75) is 44.8 Å². The molecule has 0 aliphatic heterocycles. The maximum Gasteiger partial charge on any atom is 0.0732 e. The molecule has 0 spiro atoms. The molecule has 0 bridgehead atoms. The van der Waals surface area contributed by atoms with Crippen LogP contribution in [0.1, 0.15) is 32.6 Å². The van der Waals surface area contributed by atoms with Crippen molar-refractivity contribution in [1.82, 2.24) is 5.32 Å². The third kappa shape index (κ3) is 3.60. The summed E-state index contributed by atoms with van der Waals surface area (Å²) in [5, 5.41) is 3.32. The molecule has 0 aromatic rings. The number of hydrogen-bond acceptors (Lipinski definition) is 2. The topological polar surface area (TPSA) is 21.3 Å². The van der Waals surface area contributed by atoms with Crippen LogP contribution >= 0.6 is 11.6 Å². The van der Waals surface area contributed by atoms with Crippen LogP contribution in [0.15, 0.2) is 11.1 Å². The van der Waals surface area contributed by atoms with E-state index in [1.54, 1.807) is 5.54 Å². The van der Waals surface area contributed by atoms with Gasteiger partial charge >= 0.3 is 0 Å². The fourth-order valence-electron chi connectivity index (χ4n) is 1.90. The normalized spacial score (nSPS) is 29.2. The second kappa shape index (κ2) is 6.44. The lowest BCUT2D eigenvalue weighted by Gasteiger charge is -2.31. The standard InChI is InChI=1S/C11H20ClNO/c1-9(7-12)8-14-11-6-4-3-5-10(11)13-2/h7,10-11,13H,3-6,8H2,1-2H3. The Bertz CT molecular complexity index is 194. The highest BCUT2D eigenvalue weighted by molar-refractivity contribution is 6.25.